The fourth-order valence-corrected chi connectivity index (χ4v) is 1.56. The van der Waals surface area contributed by atoms with E-state index in [-0.39, 0.29) is 2.06 Å². The van der Waals surface area contributed by atoms with E-state index in [4.69, 9.17) is 5.84 Å². The lowest BCUT2D eigenvalue weighted by Crippen LogP contribution is -2.34. The molecule has 0 saturated carbocycles. The molecule has 1 aromatic rings. The third-order valence-electron chi connectivity index (χ3n) is 1.60. The van der Waals surface area contributed by atoms with Gasteiger partial charge in [-0.2, -0.15) is 0 Å². The highest BCUT2D eigenvalue weighted by molar-refractivity contribution is 14.2. The smallest absolute Gasteiger partial charge is 0.147 e. The Labute approximate surface area is 99.8 Å². The second-order valence-electron chi connectivity index (χ2n) is 2.47. The SMILES string of the molecule is Cc1ccccc1N(N)C(I)I. The normalized spacial score (nSPS) is 10.4. The standard InChI is InChI=1S/C8H10I2N2/c1-6-4-2-3-5-7(6)12(11)8(9)10/h2-5,8H,11H2,1H3. The Morgan fingerprint density at radius 2 is 1.92 bits per heavy atom. The van der Waals surface area contributed by atoms with E-state index in [0.717, 1.165) is 5.69 Å². The third kappa shape index (κ3) is 2.46. The molecule has 0 atom stereocenters. The van der Waals surface area contributed by atoms with Crippen molar-refractivity contribution >= 4 is 50.9 Å². The minimum absolute atomic E-state index is 0.279. The average molecular weight is 388 g/mol. The van der Waals surface area contributed by atoms with Crippen molar-refractivity contribution in [1.29, 1.82) is 0 Å². The van der Waals surface area contributed by atoms with Crippen LogP contribution in [0.5, 0.6) is 0 Å². The first kappa shape index (κ1) is 10.5. The third-order valence-corrected chi connectivity index (χ3v) is 2.80. The summed E-state index contributed by atoms with van der Waals surface area (Å²) < 4.78 is 0.279. The lowest BCUT2D eigenvalue weighted by atomic mass is 10.2. The molecule has 0 heterocycles. The molecule has 0 fully saturated rings. The van der Waals surface area contributed by atoms with Crippen molar-refractivity contribution in [3.8, 4) is 0 Å². The van der Waals surface area contributed by atoms with Crippen molar-refractivity contribution in [3.05, 3.63) is 29.8 Å². The number of rotatable bonds is 2. The van der Waals surface area contributed by atoms with Crippen molar-refractivity contribution in [2.24, 2.45) is 5.84 Å². The van der Waals surface area contributed by atoms with Crippen LogP contribution < -0.4 is 10.9 Å². The molecule has 0 saturated heterocycles. The second kappa shape index (κ2) is 4.61. The highest BCUT2D eigenvalue weighted by atomic mass is 127. The van der Waals surface area contributed by atoms with Crippen LogP contribution in [-0.4, -0.2) is 2.06 Å². The number of hydrogen-bond donors (Lipinski definition) is 1. The summed E-state index contributed by atoms with van der Waals surface area (Å²) in [5, 5.41) is 1.76. The van der Waals surface area contributed by atoms with E-state index in [0.29, 0.717) is 0 Å². The molecular weight excluding hydrogens is 378 g/mol. The minimum Gasteiger partial charge on any atom is -0.288 e. The van der Waals surface area contributed by atoms with Gasteiger partial charge in [-0.1, -0.05) is 18.2 Å². The van der Waals surface area contributed by atoms with Crippen molar-refractivity contribution in [1.82, 2.24) is 0 Å². The molecule has 12 heavy (non-hydrogen) atoms. The largest absolute Gasteiger partial charge is 0.288 e. The zero-order valence-electron chi connectivity index (χ0n) is 6.67. The number of hydrazine groups is 1. The summed E-state index contributed by atoms with van der Waals surface area (Å²) >= 11 is 4.55. The maximum absolute atomic E-state index is 5.86. The summed E-state index contributed by atoms with van der Waals surface area (Å²) in [6.07, 6.45) is 0. The average Bonchev–Trinajstić information content (AvgIpc) is 2.04. The highest BCUT2D eigenvalue weighted by Crippen LogP contribution is 2.23. The van der Waals surface area contributed by atoms with Crippen molar-refractivity contribution in [2.75, 3.05) is 5.01 Å². The van der Waals surface area contributed by atoms with Gasteiger partial charge in [0.1, 0.15) is 2.06 Å². The summed E-state index contributed by atoms with van der Waals surface area (Å²) in [5.74, 6) is 5.86. The van der Waals surface area contributed by atoms with Gasteiger partial charge in [-0.3, -0.25) is 5.01 Å². The number of halogens is 2. The molecule has 0 aliphatic carbocycles. The van der Waals surface area contributed by atoms with Gasteiger partial charge in [-0.25, -0.2) is 5.84 Å². The van der Waals surface area contributed by atoms with Crippen LogP contribution in [-0.2, 0) is 0 Å². The molecule has 0 aliphatic heterocycles. The highest BCUT2D eigenvalue weighted by Gasteiger charge is 2.09. The molecule has 0 bridgehead atoms. The first-order valence-electron chi connectivity index (χ1n) is 3.50. The molecular formula is C8H10I2N2. The fourth-order valence-electron chi connectivity index (χ4n) is 0.958. The van der Waals surface area contributed by atoms with E-state index in [1.54, 1.807) is 5.01 Å². The summed E-state index contributed by atoms with van der Waals surface area (Å²) in [7, 11) is 0. The Kier molecular flexibility index (Phi) is 4.04. The molecule has 0 spiro atoms. The zero-order valence-corrected chi connectivity index (χ0v) is 11.0. The Balaban J connectivity index is 2.94. The van der Waals surface area contributed by atoms with E-state index >= 15 is 0 Å². The van der Waals surface area contributed by atoms with Crippen molar-refractivity contribution in [2.45, 2.75) is 8.98 Å². The number of alkyl halides is 2. The molecule has 66 valence electrons. The molecule has 1 rings (SSSR count). The summed E-state index contributed by atoms with van der Waals surface area (Å²) in [6, 6.07) is 8.10. The molecule has 2 nitrogen and oxygen atoms in total. The van der Waals surface area contributed by atoms with Gasteiger partial charge in [0.15, 0.2) is 0 Å². The summed E-state index contributed by atoms with van der Waals surface area (Å²) in [5.41, 5.74) is 2.30. The van der Waals surface area contributed by atoms with E-state index in [9.17, 15) is 0 Å². The van der Waals surface area contributed by atoms with Crippen LogP contribution in [0.4, 0.5) is 5.69 Å². The predicted molar refractivity (Wildman–Crippen MR) is 69.7 cm³/mol. The maximum Gasteiger partial charge on any atom is 0.147 e. The van der Waals surface area contributed by atoms with E-state index in [2.05, 4.69) is 58.2 Å². The van der Waals surface area contributed by atoms with E-state index < -0.39 is 0 Å². The summed E-state index contributed by atoms with van der Waals surface area (Å²) in [6.45, 7) is 2.06. The van der Waals surface area contributed by atoms with Gasteiger partial charge >= 0.3 is 0 Å². The quantitative estimate of drug-likeness (QED) is 0.278. The zero-order chi connectivity index (χ0) is 9.14. The molecule has 2 N–H and O–H groups in total. The molecule has 0 unspecified atom stereocenters. The molecule has 0 radical (unpaired) electrons. The maximum atomic E-state index is 5.86. The Bertz CT molecular complexity index is 263. The number of nitrogens with two attached hydrogens (primary N) is 1. The van der Waals surface area contributed by atoms with Crippen LogP contribution in [0.3, 0.4) is 0 Å². The van der Waals surface area contributed by atoms with Crippen molar-refractivity contribution in [3.63, 3.8) is 0 Å². The first-order chi connectivity index (χ1) is 5.63. The second-order valence-corrected chi connectivity index (χ2v) is 7.21. The molecule has 0 aromatic heterocycles. The monoisotopic (exact) mass is 388 g/mol. The number of hydrogen-bond acceptors (Lipinski definition) is 2. The van der Waals surface area contributed by atoms with Gasteiger partial charge in [0.25, 0.3) is 0 Å². The van der Waals surface area contributed by atoms with Crippen LogP contribution in [0.2, 0.25) is 0 Å². The number of anilines is 1. The van der Waals surface area contributed by atoms with Crippen LogP contribution in [0.25, 0.3) is 0 Å². The Morgan fingerprint density at radius 3 is 2.42 bits per heavy atom. The van der Waals surface area contributed by atoms with Gasteiger partial charge in [0.05, 0.1) is 5.69 Å². The molecule has 0 aliphatic rings. The molecule has 4 heteroatoms. The fraction of sp³-hybridized carbons (Fsp3) is 0.250. The minimum atomic E-state index is 0.279. The summed E-state index contributed by atoms with van der Waals surface area (Å²) in [4.78, 5) is 0. The van der Waals surface area contributed by atoms with Crippen LogP contribution in [0.1, 0.15) is 5.56 Å². The van der Waals surface area contributed by atoms with Crippen LogP contribution in [0, 0.1) is 6.92 Å². The van der Waals surface area contributed by atoms with Crippen LogP contribution >= 0.6 is 45.2 Å². The lowest BCUT2D eigenvalue weighted by molar-refractivity contribution is 0.981. The van der Waals surface area contributed by atoms with Crippen molar-refractivity contribution < 1.29 is 0 Å². The number of nitrogens with zero attached hydrogens (tertiary/aromatic N) is 1. The van der Waals surface area contributed by atoms with Gasteiger partial charge < -0.3 is 0 Å². The first-order valence-corrected chi connectivity index (χ1v) is 6.00. The topological polar surface area (TPSA) is 29.3 Å². The number of benzene rings is 1. The Morgan fingerprint density at radius 1 is 1.33 bits per heavy atom. The van der Waals surface area contributed by atoms with Gasteiger partial charge in [0, 0.05) is 0 Å². The number of aryl methyl sites for hydroxylation is 1. The molecule has 1 aromatic carbocycles. The van der Waals surface area contributed by atoms with E-state index in [1.165, 1.54) is 5.56 Å². The van der Waals surface area contributed by atoms with Gasteiger partial charge in [0.2, 0.25) is 0 Å². The number of para-hydroxylation sites is 1. The van der Waals surface area contributed by atoms with Gasteiger partial charge in [-0.15, -0.1) is 0 Å². The predicted octanol–water partition coefficient (Wildman–Crippen LogP) is 2.83. The van der Waals surface area contributed by atoms with E-state index in [1.807, 2.05) is 18.2 Å². The van der Waals surface area contributed by atoms with Gasteiger partial charge in [-0.05, 0) is 63.7 Å². The Hall–Kier alpha value is 0.440. The molecule has 0 amide bonds. The lowest BCUT2D eigenvalue weighted by Gasteiger charge is -2.21. The van der Waals surface area contributed by atoms with Crippen LogP contribution in [0.15, 0.2) is 24.3 Å².